The van der Waals surface area contributed by atoms with Gasteiger partial charge in [-0.05, 0) is 54.0 Å². The number of nitrogens with zero attached hydrogens (tertiary/aromatic N) is 1. The van der Waals surface area contributed by atoms with Gasteiger partial charge in [0.15, 0.2) is 18.3 Å². The number of methoxy groups -OCH3 is 4. The minimum Gasteiger partial charge on any atom is -0.493 e. The van der Waals surface area contributed by atoms with E-state index in [0.717, 1.165) is 0 Å². The third-order valence-corrected chi connectivity index (χ3v) is 4.73. The Hall–Kier alpha value is -3.36. The van der Waals surface area contributed by atoms with Gasteiger partial charge in [-0.3, -0.25) is 4.98 Å². The summed E-state index contributed by atoms with van der Waals surface area (Å²) in [6.07, 6.45) is 4.64. The maximum atomic E-state index is 12.9. The monoisotopic (exact) mass is 461 g/mol. The fourth-order valence-electron chi connectivity index (χ4n) is 2.90. The molecule has 0 amide bonds. The average molecular weight is 462 g/mol. The van der Waals surface area contributed by atoms with Gasteiger partial charge in [0.05, 0.1) is 37.5 Å². The first-order valence-electron chi connectivity index (χ1n) is 9.37. The fraction of sp³-hybridized carbons (Fsp3) is 0.261. The van der Waals surface area contributed by atoms with Crippen LogP contribution in [-0.4, -0.2) is 52.2 Å². The highest BCUT2D eigenvalue weighted by molar-refractivity contribution is 6.32. The third kappa shape index (κ3) is 5.87. The molecule has 9 heteroatoms. The summed E-state index contributed by atoms with van der Waals surface area (Å²) in [4.78, 5) is 29.7. The van der Waals surface area contributed by atoms with Crippen LogP contribution in [0, 0.1) is 0 Å². The van der Waals surface area contributed by atoms with Gasteiger partial charge in [-0.2, -0.15) is 0 Å². The van der Waals surface area contributed by atoms with Crippen molar-refractivity contribution in [3.63, 3.8) is 0 Å². The van der Waals surface area contributed by atoms with Crippen LogP contribution in [-0.2, 0) is 23.8 Å². The summed E-state index contributed by atoms with van der Waals surface area (Å²) in [5.41, 5.74) is 1.53. The number of hydrogen-bond donors (Lipinski definition) is 0. The van der Waals surface area contributed by atoms with Crippen LogP contribution >= 0.6 is 11.6 Å². The number of halogens is 1. The molecule has 170 valence electrons. The predicted octanol–water partition coefficient (Wildman–Crippen LogP) is 3.93. The van der Waals surface area contributed by atoms with Crippen molar-refractivity contribution in [2.45, 2.75) is 6.92 Å². The van der Waals surface area contributed by atoms with Crippen molar-refractivity contribution in [3.05, 3.63) is 64.0 Å². The second-order valence-corrected chi connectivity index (χ2v) is 6.77. The van der Waals surface area contributed by atoms with Crippen LogP contribution < -0.4 is 9.47 Å². The molecule has 0 aliphatic carbocycles. The van der Waals surface area contributed by atoms with Gasteiger partial charge in [0.25, 0.3) is 0 Å². The van der Waals surface area contributed by atoms with Crippen molar-refractivity contribution < 1.29 is 33.3 Å². The number of allylic oxidation sites excluding steroid dienone is 1. The van der Waals surface area contributed by atoms with E-state index in [2.05, 4.69) is 4.98 Å². The topological polar surface area (TPSA) is 93.2 Å². The molecule has 2 aromatic rings. The largest absolute Gasteiger partial charge is 0.493 e. The molecule has 0 radical (unpaired) electrons. The molecule has 1 aromatic carbocycles. The summed E-state index contributed by atoms with van der Waals surface area (Å²) in [6, 6.07) is 6.61. The molecule has 0 fully saturated rings. The molecular formula is C23H24ClNO7. The second kappa shape index (κ2) is 11.9. The number of benzene rings is 1. The Morgan fingerprint density at radius 3 is 2.28 bits per heavy atom. The number of rotatable bonds is 9. The van der Waals surface area contributed by atoms with Crippen molar-refractivity contribution >= 4 is 35.2 Å². The minimum atomic E-state index is -0.769. The van der Waals surface area contributed by atoms with E-state index < -0.39 is 11.9 Å². The van der Waals surface area contributed by atoms with Gasteiger partial charge in [0.1, 0.15) is 0 Å². The SMILES string of the molecule is COCOC(=O)C(=C/c1ccncc1)/C(C(=O)OC)=C(\C)c1cc(Cl)c(OC)c(OC)c1. The van der Waals surface area contributed by atoms with Crippen LogP contribution in [0.25, 0.3) is 11.6 Å². The zero-order valence-electron chi connectivity index (χ0n) is 18.4. The number of ether oxygens (including phenoxy) is 5. The maximum absolute atomic E-state index is 12.9. The van der Waals surface area contributed by atoms with Crippen molar-refractivity contribution in [1.82, 2.24) is 4.98 Å². The lowest BCUT2D eigenvalue weighted by atomic mass is 9.94. The Bertz CT molecular complexity index is 1030. The van der Waals surface area contributed by atoms with E-state index >= 15 is 0 Å². The molecule has 0 bridgehead atoms. The summed E-state index contributed by atoms with van der Waals surface area (Å²) in [6.45, 7) is 1.37. The summed E-state index contributed by atoms with van der Waals surface area (Å²) >= 11 is 6.34. The van der Waals surface area contributed by atoms with E-state index in [9.17, 15) is 9.59 Å². The fourth-order valence-corrected chi connectivity index (χ4v) is 3.18. The number of pyridine rings is 1. The van der Waals surface area contributed by atoms with Gasteiger partial charge in [-0.25, -0.2) is 9.59 Å². The number of esters is 2. The normalized spacial score (nSPS) is 12.0. The van der Waals surface area contributed by atoms with E-state index in [1.165, 1.54) is 34.5 Å². The predicted molar refractivity (Wildman–Crippen MR) is 119 cm³/mol. The van der Waals surface area contributed by atoms with E-state index in [1.54, 1.807) is 43.6 Å². The molecule has 0 saturated heterocycles. The molecule has 0 spiro atoms. The Labute approximate surface area is 191 Å². The number of aromatic nitrogens is 1. The van der Waals surface area contributed by atoms with Crippen molar-refractivity contribution in [3.8, 4) is 11.5 Å². The van der Waals surface area contributed by atoms with Crippen molar-refractivity contribution in [2.24, 2.45) is 0 Å². The number of carbonyl (C=O) groups is 2. The first-order chi connectivity index (χ1) is 15.4. The molecule has 1 heterocycles. The molecule has 32 heavy (non-hydrogen) atoms. The zero-order chi connectivity index (χ0) is 23.7. The molecule has 0 aliphatic rings. The molecule has 1 aromatic heterocycles. The highest BCUT2D eigenvalue weighted by Crippen LogP contribution is 2.39. The molecule has 0 N–H and O–H groups in total. The Balaban J connectivity index is 2.78. The van der Waals surface area contributed by atoms with E-state index in [0.29, 0.717) is 28.2 Å². The molecule has 2 rings (SSSR count). The van der Waals surface area contributed by atoms with Crippen LogP contribution in [0.3, 0.4) is 0 Å². The van der Waals surface area contributed by atoms with Gasteiger partial charge >= 0.3 is 11.9 Å². The van der Waals surface area contributed by atoms with Gasteiger partial charge in [-0.15, -0.1) is 0 Å². The number of carbonyl (C=O) groups excluding carboxylic acids is 2. The lowest BCUT2D eigenvalue weighted by Gasteiger charge is -2.16. The zero-order valence-corrected chi connectivity index (χ0v) is 19.2. The first-order valence-corrected chi connectivity index (χ1v) is 9.74. The van der Waals surface area contributed by atoms with Crippen molar-refractivity contribution in [1.29, 1.82) is 0 Å². The van der Waals surface area contributed by atoms with E-state index in [-0.39, 0.29) is 23.0 Å². The lowest BCUT2D eigenvalue weighted by molar-refractivity contribution is -0.149. The van der Waals surface area contributed by atoms with Crippen LogP contribution in [0.4, 0.5) is 0 Å². The van der Waals surface area contributed by atoms with Crippen LogP contribution in [0.1, 0.15) is 18.1 Å². The highest BCUT2D eigenvalue weighted by atomic mass is 35.5. The lowest BCUT2D eigenvalue weighted by Crippen LogP contribution is -2.18. The highest BCUT2D eigenvalue weighted by Gasteiger charge is 2.27. The molecule has 0 aliphatic heterocycles. The van der Waals surface area contributed by atoms with Gasteiger partial charge in [0, 0.05) is 19.5 Å². The van der Waals surface area contributed by atoms with Gasteiger partial charge < -0.3 is 23.7 Å². The first kappa shape index (κ1) is 24.9. The van der Waals surface area contributed by atoms with Crippen molar-refractivity contribution in [2.75, 3.05) is 35.2 Å². The average Bonchev–Trinajstić information content (AvgIpc) is 2.81. The summed E-state index contributed by atoms with van der Waals surface area (Å²) in [7, 11) is 5.54. The quantitative estimate of drug-likeness (QED) is 0.240. The molecule has 0 saturated carbocycles. The van der Waals surface area contributed by atoms with Crippen LogP contribution in [0.5, 0.6) is 11.5 Å². The van der Waals surface area contributed by atoms with Crippen LogP contribution in [0.2, 0.25) is 5.02 Å². The second-order valence-electron chi connectivity index (χ2n) is 6.36. The molecule has 8 nitrogen and oxygen atoms in total. The number of hydrogen-bond acceptors (Lipinski definition) is 8. The van der Waals surface area contributed by atoms with E-state index in [1.807, 2.05) is 0 Å². The third-order valence-electron chi connectivity index (χ3n) is 4.45. The smallest absolute Gasteiger partial charge is 0.341 e. The molecule has 0 unspecified atom stereocenters. The molecular weight excluding hydrogens is 438 g/mol. The summed E-state index contributed by atoms with van der Waals surface area (Å²) < 4.78 is 25.6. The Morgan fingerprint density at radius 2 is 1.72 bits per heavy atom. The van der Waals surface area contributed by atoms with Gasteiger partial charge in [0.2, 0.25) is 0 Å². The standard InChI is InChI=1S/C23H24ClNO7/c1-14(16-11-18(24)21(30-4)19(12-16)29-3)20(23(27)31-5)17(22(26)32-13-28-2)10-15-6-8-25-9-7-15/h6-12H,13H2,1-5H3/b17-10+,20-14-. The molecule has 0 atom stereocenters. The minimum absolute atomic E-state index is 0.00583. The van der Waals surface area contributed by atoms with E-state index in [4.69, 9.17) is 35.3 Å². The maximum Gasteiger partial charge on any atom is 0.341 e. The Kier molecular flexibility index (Phi) is 9.24. The summed E-state index contributed by atoms with van der Waals surface area (Å²) in [5, 5.41) is 0.270. The Morgan fingerprint density at radius 1 is 1.03 bits per heavy atom. The van der Waals surface area contributed by atoms with Gasteiger partial charge in [-0.1, -0.05) is 11.6 Å². The van der Waals surface area contributed by atoms with Crippen LogP contribution in [0.15, 0.2) is 47.8 Å². The summed E-state index contributed by atoms with van der Waals surface area (Å²) in [5.74, 6) is -0.796.